The lowest BCUT2D eigenvalue weighted by Gasteiger charge is -2.39. The number of likely N-dealkylation sites (tertiary alicyclic amines) is 1. The Bertz CT molecular complexity index is 531. The van der Waals surface area contributed by atoms with Crippen molar-refractivity contribution < 1.29 is 18.3 Å². The number of hydrogen-bond acceptors (Lipinski definition) is 4. The van der Waals surface area contributed by atoms with Crippen LogP contribution >= 0.6 is 0 Å². The summed E-state index contributed by atoms with van der Waals surface area (Å²) in [5.74, 6) is -0.248. The van der Waals surface area contributed by atoms with Gasteiger partial charge in [0, 0.05) is 38.4 Å². The Balaban J connectivity index is 1.67. The second-order valence-corrected chi connectivity index (χ2v) is 6.02. The molecule has 0 unspecified atom stereocenters. The van der Waals surface area contributed by atoms with Gasteiger partial charge in [0.15, 0.2) is 5.69 Å². The van der Waals surface area contributed by atoms with Crippen LogP contribution in [-0.4, -0.2) is 70.9 Å². The fourth-order valence-electron chi connectivity index (χ4n) is 3.25. The smallest absolute Gasteiger partial charge is 0.333 e. The molecule has 2 aliphatic heterocycles. The van der Waals surface area contributed by atoms with Crippen LogP contribution in [-0.2, 0) is 4.74 Å². The maximum absolute atomic E-state index is 12.6. The Morgan fingerprint density at radius 1 is 1.30 bits per heavy atom. The zero-order chi connectivity index (χ0) is 16.2. The molecule has 128 valence electrons. The molecular weight excluding hydrogens is 306 g/mol. The van der Waals surface area contributed by atoms with E-state index in [4.69, 9.17) is 4.74 Å². The minimum atomic E-state index is -2.72. The molecule has 0 saturated carbocycles. The van der Waals surface area contributed by atoms with Crippen LogP contribution in [0.2, 0.25) is 0 Å². The van der Waals surface area contributed by atoms with Crippen LogP contribution < -0.4 is 0 Å². The standard InChI is InChI=1S/C15H22F2N4O2/c16-15(17)21-6-4-13(18-21)14(22)20-5-2-1-3-12(20)11-19-7-9-23-10-8-19/h4,6,12,15H,1-3,5,7-11H2/t12-/m0/s1. The molecule has 0 bridgehead atoms. The predicted octanol–water partition coefficient (Wildman–Crippen LogP) is 1.61. The number of amides is 1. The number of hydrogen-bond donors (Lipinski definition) is 0. The first-order valence-corrected chi connectivity index (χ1v) is 8.09. The van der Waals surface area contributed by atoms with Crippen molar-refractivity contribution in [3.63, 3.8) is 0 Å². The number of halogens is 2. The molecule has 1 aromatic rings. The Labute approximate surface area is 134 Å². The van der Waals surface area contributed by atoms with E-state index in [-0.39, 0.29) is 17.6 Å². The molecule has 3 rings (SSSR count). The number of ether oxygens (including phenoxy) is 1. The summed E-state index contributed by atoms with van der Waals surface area (Å²) in [5, 5.41) is 3.71. The summed E-state index contributed by atoms with van der Waals surface area (Å²) in [5.41, 5.74) is 0.0965. The van der Waals surface area contributed by atoms with Crippen LogP contribution in [0.1, 0.15) is 36.3 Å². The van der Waals surface area contributed by atoms with Gasteiger partial charge in [-0.25, -0.2) is 4.68 Å². The van der Waals surface area contributed by atoms with Gasteiger partial charge in [0.25, 0.3) is 5.91 Å². The summed E-state index contributed by atoms with van der Waals surface area (Å²) < 4.78 is 31.1. The van der Waals surface area contributed by atoms with Crippen LogP contribution in [0.5, 0.6) is 0 Å². The number of carbonyl (C=O) groups excluding carboxylic acids is 1. The highest BCUT2D eigenvalue weighted by Crippen LogP contribution is 2.21. The van der Waals surface area contributed by atoms with E-state index in [1.807, 2.05) is 0 Å². The summed E-state index contributed by atoms with van der Waals surface area (Å²) in [7, 11) is 0. The number of rotatable bonds is 4. The lowest BCUT2D eigenvalue weighted by atomic mass is 10.0. The fraction of sp³-hybridized carbons (Fsp3) is 0.733. The summed E-state index contributed by atoms with van der Waals surface area (Å²) in [6.07, 6.45) is 4.13. The van der Waals surface area contributed by atoms with Crippen molar-refractivity contribution >= 4 is 5.91 Å². The number of aromatic nitrogens is 2. The van der Waals surface area contributed by atoms with Gasteiger partial charge in [-0.1, -0.05) is 0 Å². The van der Waals surface area contributed by atoms with Gasteiger partial charge >= 0.3 is 6.55 Å². The van der Waals surface area contributed by atoms with E-state index in [1.165, 1.54) is 6.07 Å². The van der Waals surface area contributed by atoms with E-state index in [1.54, 1.807) is 4.90 Å². The third-order valence-electron chi connectivity index (χ3n) is 4.49. The summed E-state index contributed by atoms with van der Waals surface area (Å²) in [6.45, 7) is 1.94. The van der Waals surface area contributed by atoms with Crippen LogP contribution in [0.25, 0.3) is 0 Å². The lowest BCUT2D eigenvalue weighted by molar-refractivity contribution is 0.0163. The minimum Gasteiger partial charge on any atom is -0.379 e. The average Bonchev–Trinajstić information content (AvgIpc) is 3.06. The van der Waals surface area contributed by atoms with E-state index in [0.29, 0.717) is 11.2 Å². The molecule has 6 nitrogen and oxygen atoms in total. The van der Waals surface area contributed by atoms with Gasteiger partial charge in [-0.15, -0.1) is 0 Å². The second kappa shape index (κ2) is 7.35. The number of morpholine rings is 1. The first-order valence-electron chi connectivity index (χ1n) is 8.09. The van der Waals surface area contributed by atoms with Crippen molar-refractivity contribution in [2.75, 3.05) is 39.4 Å². The van der Waals surface area contributed by atoms with Crippen LogP contribution in [0.15, 0.2) is 12.3 Å². The third kappa shape index (κ3) is 3.87. The molecule has 1 aromatic heterocycles. The molecule has 0 radical (unpaired) electrons. The number of carbonyl (C=O) groups is 1. The molecule has 8 heteroatoms. The predicted molar refractivity (Wildman–Crippen MR) is 79.4 cm³/mol. The van der Waals surface area contributed by atoms with Crippen molar-refractivity contribution in [2.24, 2.45) is 0 Å². The highest BCUT2D eigenvalue weighted by Gasteiger charge is 2.30. The van der Waals surface area contributed by atoms with Gasteiger partial charge in [0.2, 0.25) is 0 Å². The van der Waals surface area contributed by atoms with E-state index in [2.05, 4.69) is 10.00 Å². The van der Waals surface area contributed by atoms with Gasteiger partial charge in [-0.05, 0) is 25.3 Å². The van der Waals surface area contributed by atoms with Gasteiger partial charge in [0.05, 0.1) is 13.2 Å². The zero-order valence-corrected chi connectivity index (χ0v) is 13.0. The third-order valence-corrected chi connectivity index (χ3v) is 4.49. The Morgan fingerprint density at radius 3 is 2.78 bits per heavy atom. The monoisotopic (exact) mass is 328 g/mol. The molecule has 1 atom stereocenters. The molecule has 2 fully saturated rings. The summed E-state index contributed by atoms with van der Waals surface area (Å²) >= 11 is 0. The average molecular weight is 328 g/mol. The maximum atomic E-state index is 12.6. The molecule has 2 saturated heterocycles. The fourth-order valence-corrected chi connectivity index (χ4v) is 3.25. The van der Waals surface area contributed by atoms with Crippen LogP contribution in [0.4, 0.5) is 8.78 Å². The highest BCUT2D eigenvalue weighted by atomic mass is 19.3. The molecule has 0 spiro atoms. The number of alkyl halides is 2. The van der Waals surface area contributed by atoms with Gasteiger partial charge in [0.1, 0.15) is 0 Å². The molecule has 1 amide bonds. The van der Waals surface area contributed by atoms with E-state index >= 15 is 0 Å². The van der Waals surface area contributed by atoms with Crippen molar-refractivity contribution in [1.29, 1.82) is 0 Å². The Morgan fingerprint density at radius 2 is 2.09 bits per heavy atom. The summed E-state index contributed by atoms with van der Waals surface area (Å²) in [6, 6.07) is 1.49. The number of nitrogens with zero attached hydrogens (tertiary/aromatic N) is 4. The lowest BCUT2D eigenvalue weighted by Crippen LogP contribution is -2.51. The SMILES string of the molecule is O=C(c1ccn(C(F)F)n1)N1CCCC[C@H]1CN1CCOCC1. The highest BCUT2D eigenvalue weighted by molar-refractivity contribution is 5.92. The molecule has 3 heterocycles. The normalized spacial score (nSPS) is 23.4. The van der Waals surface area contributed by atoms with Crippen LogP contribution in [0, 0.1) is 0 Å². The molecule has 0 aliphatic carbocycles. The van der Waals surface area contributed by atoms with Crippen LogP contribution in [0.3, 0.4) is 0 Å². The van der Waals surface area contributed by atoms with Crippen molar-refractivity contribution in [2.45, 2.75) is 31.9 Å². The molecule has 2 aliphatic rings. The zero-order valence-electron chi connectivity index (χ0n) is 13.0. The Kier molecular flexibility index (Phi) is 5.22. The van der Waals surface area contributed by atoms with Gasteiger partial charge in [-0.2, -0.15) is 13.9 Å². The molecule has 0 N–H and O–H groups in total. The largest absolute Gasteiger partial charge is 0.379 e. The quantitative estimate of drug-likeness (QED) is 0.842. The first-order chi connectivity index (χ1) is 11.1. The molecule has 0 aromatic carbocycles. The van der Waals surface area contributed by atoms with Gasteiger partial charge < -0.3 is 9.64 Å². The summed E-state index contributed by atoms with van der Waals surface area (Å²) in [4.78, 5) is 16.8. The Hall–Kier alpha value is -1.54. The van der Waals surface area contributed by atoms with Crippen molar-refractivity contribution in [3.8, 4) is 0 Å². The molecular formula is C15H22F2N4O2. The minimum absolute atomic E-state index is 0.0965. The second-order valence-electron chi connectivity index (χ2n) is 6.02. The van der Waals surface area contributed by atoms with Gasteiger partial charge in [-0.3, -0.25) is 9.69 Å². The van der Waals surface area contributed by atoms with Crippen molar-refractivity contribution in [1.82, 2.24) is 19.6 Å². The first kappa shape index (κ1) is 16.3. The maximum Gasteiger partial charge on any atom is 0.333 e. The van der Waals surface area contributed by atoms with E-state index in [9.17, 15) is 13.6 Å². The van der Waals surface area contributed by atoms with Crippen molar-refractivity contribution in [3.05, 3.63) is 18.0 Å². The number of piperidine rings is 1. The van der Waals surface area contributed by atoms with E-state index in [0.717, 1.165) is 58.3 Å². The molecule has 23 heavy (non-hydrogen) atoms. The topological polar surface area (TPSA) is 50.6 Å². The van der Waals surface area contributed by atoms with E-state index < -0.39 is 6.55 Å².